The van der Waals surface area contributed by atoms with Crippen LogP contribution in [0.4, 0.5) is 10.1 Å². The van der Waals surface area contributed by atoms with Crippen LogP contribution in [0, 0.1) is 15.9 Å². The number of nitro benzene ring substituents is 1. The van der Waals surface area contributed by atoms with Gasteiger partial charge in [0.05, 0.1) is 34.2 Å². The van der Waals surface area contributed by atoms with Crippen molar-refractivity contribution < 1.29 is 23.6 Å². The van der Waals surface area contributed by atoms with Crippen molar-refractivity contribution in [2.45, 2.75) is 44.8 Å². The second-order valence-electron chi connectivity index (χ2n) is 9.26. The minimum Gasteiger partial charge on any atom is -0.489 e. The molecule has 0 N–H and O–H groups in total. The molecular weight excluding hydrogens is 557 g/mol. The number of fused-ring (bicyclic) bond motifs is 1. The highest BCUT2D eigenvalue weighted by Crippen LogP contribution is 2.37. The van der Waals surface area contributed by atoms with Crippen LogP contribution in [0.3, 0.4) is 0 Å². The van der Waals surface area contributed by atoms with Gasteiger partial charge < -0.3 is 14.0 Å². The number of hydrogen-bond acceptors (Lipinski definition) is 6. The van der Waals surface area contributed by atoms with E-state index in [1.54, 1.807) is 30.3 Å². The maximum Gasteiger partial charge on any atom is 0.337 e. The summed E-state index contributed by atoms with van der Waals surface area (Å²) in [4.78, 5) is 27.5. The maximum absolute atomic E-state index is 15.5. The standard InChI is InChI=1S/C28H25BrFN3O5/c1-37-28(34)17-7-12-26-25(14-17)31-27(32(26)19-5-3-2-4-6-19)22-10-9-21(15-24(22)30)38-16-18-13-20(33(35)36)8-11-23(18)29/h7-15,19H,2-6,16H2,1H3. The van der Waals surface area contributed by atoms with Crippen LogP contribution in [0.25, 0.3) is 22.4 Å². The fourth-order valence-electron chi connectivity index (χ4n) is 4.96. The predicted octanol–water partition coefficient (Wildman–Crippen LogP) is 7.38. The van der Waals surface area contributed by atoms with E-state index in [9.17, 15) is 14.9 Å². The number of carbonyl (C=O) groups is 1. The van der Waals surface area contributed by atoms with Crippen molar-refractivity contribution in [1.29, 1.82) is 0 Å². The lowest BCUT2D eigenvalue weighted by Crippen LogP contribution is -2.14. The highest BCUT2D eigenvalue weighted by molar-refractivity contribution is 9.10. The van der Waals surface area contributed by atoms with Crippen molar-refractivity contribution in [3.8, 4) is 17.1 Å². The van der Waals surface area contributed by atoms with E-state index < -0.39 is 16.7 Å². The fraction of sp³-hybridized carbons (Fsp3) is 0.286. The van der Waals surface area contributed by atoms with E-state index in [0.29, 0.717) is 32.5 Å². The molecule has 4 aromatic rings. The molecule has 5 rings (SSSR count). The Labute approximate surface area is 226 Å². The van der Waals surface area contributed by atoms with Crippen LogP contribution in [-0.2, 0) is 11.3 Å². The third-order valence-electron chi connectivity index (χ3n) is 6.87. The summed E-state index contributed by atoms with van der Waals surface area (Å²) in [6.07, 6.45) is 5.29. The van der Waals surface area contributed by atoms with E-state index in [-0.39, 0.29) is 24.1 Å². The highest BCUT2D eigenvalue weighted by Gasteiger charge is 2.25. The molecule has 1 aromatic heterocycles. The molecule has 196 valence electrons. The first-order valence-electron chi connectivity index (χ1n) is 12.3. The summed E-state index contributed by atoms with van der Waals surface area (Å²) in [6.45, 7) is 0.0257. The summed E-state index contributed by atoms with van der Waals surface area (Å²) < 4.78 is 28.9. The highest BCUT2D eigenvalue weighted by atomic mass is 79.9. The number of halogens is 2. The van der Waals surface area contributed by atoms with Crippen LogP contribution < -0.4 is 4.74 Å². The summed E-state index contributed by atoms with van der Waals surface area (Å²) in [6, 6.07) is 14.4. The summed E-state index contributed by atoms with van der Waals surface area (Å²) in [5.74, 6) is -0.165. The van der Waals surface area contributed by atoms with Gasteiger partial charge in [0.25, 0.3) is 5.69 Å². The van der Waals surface area contributed by atoms with Gasteiger partial charge in [-0.3, -0.25) is 10.1 Å². The lowest BCUT2D eigenvalue weighted by molar-refractivity contribution is -0.385. The monoisotopic (exact) mass is 581 g/mol. The van der Waals surface area contributed by atoms with Crippen molar-refractivity contribution in [2.75, 3.05) is 7.11 Å². The van der Waals surface area contributed by atoms with Crippen molar-refractivity contribution in [2.24, 2.45) is 0 Å². The maximum atomic E-state index is 15.5. The topological polar surface area (TPSA) is 96.5 Å². The molecule has 0 aliphatic heterocycles. The van der Waals surface area contributed by atoms with E-state index >= 15 is 4.39 Å². The number of nitro groups is 1. The number of carbonyl (C=O) groups excluding carboxylic acids is 1. The molecule has 1 saturated carbocycles. The fourth-order valence-corrected chi connectivity index (χ4v) is 5.32. The SMILES string of the molecule is COC(=O)c1ccc2c(c1)nc(-c1ccc(OCc3cc([N+](=O)[O-])ccc3Br)cc1F)n2C1CCCCC1. The molecule has 0 unspecified atom stereocenters. The Morgan fingerprint density at radius 1 is 1.13 bits per heavy atom. The van der Waals surface area contributed by atoms with E-state index in [2.05, 4.69) is 20.5 Å². The zero-order valence-corrected chi connectivity index (χ0v) is 22.2. The van der Waals surface area contributed by atoms with Gasteiger partial charge in [-0.1, -0.05) is 35.2 Å². The number of ether oxygens (including phenoxy) is 2. The Balaban J connectivity index is 1.49. The number of non-ortho nitro benzene ring substituents is 1. The molecular formula is C28H25BrFN3O5. The van der Waals surface area contributed by atoms with Gasteiger partial charge in [0.1, 0.15) is 24.0 Å². The Morgan fingerprint density at radius 3 is 2.63 bits per heavy atom. The molecule has 1 aliphatic rings. The van der Waals surface area contributed by atoms with Crippen LogP contribution in [0.15, 0.2) is 59.1 Å². The van der Waals surface area contributed by atoms with Gasteiger partial charge in [-0.2, -0.15) is 0 Å². The van der Waals surface area contributed by atoms with Crippen molar-refractivity contribution >= 4 is 38.6 Å². The van der Waals surface area contributed by atoms with Crippen LogP contribution in [0.1, 0.15) is 54.1 Å². The minimum atomic E-state index is -0.499. The number of rotatable bonds is 7. The number of imidazole rings is 1. The average Bonchev–Trinajstić information content (AvgIpc) is 3.31. The van der Waals surface area contributed by atoms with Crippen molar-refractivity contribution in [1.82, 2.24) is 9.55 Å². The van der Waals surface area contributed by atoms with Gasteiger partial charge in [0, 0.05) is 34.3 Å². The molecule has 0 radical (unpaired) electrons. The third kappa shape index (κ3) is 5.13. The lowest BCUT2D eigenvalue weighted by Gasteiger charge is -2.25. The average molecular weight is 582 g/mol. The van der Waals surface area contributed by atoms with E-state index in [1.807, 2.05) is 6.07 Å². The molecule has 38 heavy (non-hydrogen) atoms. The zero-order valence-electron chi connectivity index (χ0n) is 20.7. The smallest absolute Gasteiger partial charge is 0.337 e. The van der Waals surface area contributed by atoms with Gasteiger partial charge in [0.15, 0.2) is 0 Å². The summed E-state index contributed by atoms with van der Waals surface area (Å²) in [7, 11) is 1.33. The Kier molecular flexibility index (Phi) is 7.42. The normalized spacial score (nSPS) is 14.0. The number of hydrogen-bond donors (Lipinski definition) is 0. The Hall–Kier alpha value is -3.79. The lowest BCUT2D eigenvalue weighted by atomic mass is 9.94. The van der Waals surface area contributed by atoms with Gasteiger partial charge in [-0.05, 0) is 49.2 Å². The number of benzene rings is 3. The summed E-state index contributed by atoms with van der Waals surface area (Å²) in [5, 5.41) is 11.1. The summed E-state index contributed by atoms with van der Waals surface area (Å²) >= 11 is 3.37. The molecule has 0 bridgehead atoms. The number of methoxy groups -OCH3 is 1. The van der Waals surface area contributed by atoms with E-state index in [0.717, 1.165) is 31.2 Å². The van der Waals surface area contributed by atoms with Gasteiger partial charge in [0.2, 0.25) is 0 Å². The zero-order chi connectivity index (χ0) is 26.8. The molecule has 1 heterocycles. The molecule has 3 aromatic carbocycles. The first kappa shape index (κ1) is 25.8. The number of nitrogens with zero attached hydrogens (tertiary/aromatic N) is 3. The van der Waals surface area contributed by atoms with Gasteiger partial charge in [-0.25, -0.2) is 14.2 Å². The molecule has 8 nitrogen and oxygen atoms in total. The summed E-state index contributed by atoms with van der Waals surface area (Å²) in [5.41, 5.74) is 2.68. The number of aromatic nitrogens is 2. The third-order valence-corrected chi connectivity index (χ3v) is 7.64. The molecule has 1 aliphatic carbocycles. The first-order valence-corrected chi connectivity index (χ1v) is 13.1. The second kappa shape index (κ2) is 10.9. The molecule has 0 atom stereocenters. The molecule has 0 saturated heterocycles. The van der Waals surface area contributed by atoms with Gasteiger partial charge >= 0.3 is 5.97 Å². The Morgan fingerprint density at radius 2 is 1.92 bits per heavy atom. The van der Waals surface area contributed by atoms with E-state index in [1.165, 1.54) is 31.7 Å². The quantitative estimate of drug-likeness (QED) is 0.128. The molecule has 1 fully saturated rings. The largest absolute Gasteiger partial charge is 0.489 e. The molecule has 0 amide bonds. The van der Waals surface area contributed by atoms with Crippen LogP contribution >= 0.6 is 15.9 Å². The molecule has 10 heteroatoms. The van der Waals surface area contributed by atoms with Crippen LogP contribution in [0.5, 0.6) is 5.75 Å². The van der Waals surface area contributed by atoms with Crippen molar-refractivity contribution in [3.63, 3.8) is 0 Å². The second-order valence-corrected chi connectivity index (χ2v) is 10.1. The van der Waals surface area contributed by atoms with Gasteiger partial charge in [-0.15, -0.1) is 0 Å². The van der Waals surface area contributed by atoms with Crippen molar-refractivity contribution in [3.05, 3.63) is 86.1 Å². The first-order chi connectivity index (χ1) is 18.4. The molecule has 0 spiro atoms. The van der Waals surface area contributed by atoms with E-state index in [4.69, 9.17) is 14.5 Å². The van der Waals surface area contributed by atoms with Crippen LogP contribution in [0.2, 0.25) is 0 Å². The predicted molar refractivity (Wildman–Crippen MR) is 144 cm³/mol. The number of esters is 1. The van der Waals surface area contributed by atoms with Crippen LogP contribution in [-0.4, -0.2) is 27.6 Å². The minimum absolute atomic E-state index is 0.0257. The Bertz CT molecular complexity index is 1530.